The summed E-state index contributed by atoms with van der Waals surface area (Å²) in [5, 5.41) is 14.7. The molecule has 4 heteroatoms. The minimum Gasteiger partial charge on any atom is -0.332 e. The van der Waals surface area contributed by atoms with E-state index in [4.69, 9.17) is 0 Å². The number of hydrogen-bond acceptors (Lipinski definition) is 3. The predicted molar refractivity (Wildman–Crippen MR) is 172 cm³/mol. The van der Waals surface area contributed by atoms with E-state index in [-0.39, 0.29) is 6.04 Å². The van der Waals surface area contributed by atoms with Crippen molar-refractivity contribution >= 4 is 66.8 Å². The number of nitriles is 1. The molecule has 3 heterocycles. The Labute approximate surface area is 242 Å². The van der Waals surface area contributed by atoms with Crippen LogP contribution in [0.15, 0.2) is 85.0 Å². The molecule has 2 aromatic heterocycles. The SMILES string of the molecule is N#Cc1ccc2sc3c(N4c5ccccc5C5C=CC(n6c7c(c8c6=CCCC=8)C=CCC7)=CC54)cccc3c2c1. The van der Waals surface area contributed by atoms with Crippen LogP contribution < -0.4 is 15.5 Å². The number of benzene rings is 3. The number of rotatable bonds is 2. The number of thiophene rings is 1. The number of para-hydroxylation sites is 1. The maximum absolute atomic E-state index is 9.55. The molecule has 3 aromatic carbocycles. The van der Waals surface area contributed by atoms with Crippen LogP contribution >= 0.6 is 11.3 Å². The maximum Gasteiger partial charge on any atom is 0.0991 e. The minimum atomic E-state index is 0.179. The van der Waals surface area contributed by atoms with E-state index in [9.17, 15) is 5.26 Å². The van der Waals surface area contributed by atoms with Crippen LogP contribution in [0, 0.1) is 11.3 Å². The molecule has 0 spiro atoms. The van der Waals surface area contributed by atoms with Crippen LogP contribution in [0.4, 0.5) is 11.4 Å². The molecule has 3 aliphatic carbocycles. The van der Waals surface area contributed by atoms with Crippen LogP contribution in [0.3, 0.4) is 0 Å². The smallest absolute Gasteiger partial charge is 0.0991 e. The second-order valence-electron chi connectivity index (χ2n) is 11.4. The Kier molecular flexibility index (Phi) is 4.91. The zero-order valence-electron chi connectivity index (χ0n) is 22.5. The predicted octanol–water partition coefficient (Wildman–Crippen LogP) is 7.76. The van der Waals surface area contributed by atoms with Gasteiger partial charge in [0.25, 0.3) is 0 Å². The van der Waals surface area contributed by atoms with Crippen molar-refractivity contribution in [2.24, 2.45) is 0 Å². The van der Waals surface area contributed by atoms with Crippen LogP contribution in [0.2, 0.25) is 0 Å². The van der Waals surface area contributed by atoms with Crippen LogP contribution in [-0.4, -0.2) is 10.6 Å². The monoisotopic (exact) mass is 545 g/mol. The lowest BCUT2D eigenvalue weighted by atomic mass is 9.90. The van der Waals surface area contributed by atoms with E-state index in [1.807, 2.05) is 23.5 Å². The normalized spacial score (nSPS) is 20.1. The molecule has 0 N–H and O–H groups in total. The summed E-state index contributed by atoms with van der Waals surface area (Å²) in [5.41, 5.74) is 8.76. The molecule has 41 heavy (non-hydrogen) atoms. The molecule has 0 amide bonds. The molecule has 0 radical (unpaired) electrons. The third-order valence-electron chi connectivity index (χ3n) is 9.23. The van der Waals surface area contributed by atoms with Crippen LogP contribution in [0.25, 0.3) is 44.1 Å². The lowest BCUT2D eigenvalue weighted by Crippen LogP contribution is -2.34. The first-order valence-corrected chi connectivity index (χ1v) is 15.4. The van der Waals surface area contributed by atoms with Crippen LogP contribution in [0.1, 0.15) is 47.6 Å². The molecule has 0 fully saturated rings. The summed E-state index contributed by atoms with van der Waals surface area (Å²) < 4.78 is 5.06. The van der Waals surface area contributed by atoms with Crippen molar-refractivity contribution in [1.29, 1.82) is 5.26 Å². The quantitative estimate of drug-likeness (QED) is 0.227. The van der Waals surface area contributed by atoms with Gasteiger partial charge in [0.15, 0.2) is 0 Å². The van der Waals surface area contributed by atoms with E-state index in [1.165, 1.54) is 64.6 Å². The number of nitrogens with zero attached hydrogens (tertiary/aromatic N) is 3. The van der Waals surface area contributed by atoms with Crippen molar-refractivity contribution in [1.82, 2.24) is 4.57 Å². The third kappa shape index (κ3) is 3.24. The lowest BCUT2D eigenvalue weighted by Gasteiger charge is -2.31. The number of hydrogen-bond donors (Lipinski definition) is 0. The molecule has 0 saturated carbocycles. The molecule has 0 bridgehead atoms. The Morgan fingerprint density at radius 2 is 1.78 bits per heavy atom. The average molecular weight is 546 g/mol. The number of anilines is 2. The van der Waals surface area contributed by atoms with Gasteiger partial charge in [0.2, 0.25) is 0 Å². The molecule has 2 atom stereocenters. The average Bonchev–Trinajstić information content (AvgIpc) is 3.68. The number of allylic oxidation sites excluding steroid dienone is 3. The van der Waals surface area contributed by atoms with Crippen molar-refractivity contribution < 1.29 is 0 Å². The van der Waals surface area contributed by atoms with E-state index in [1.54, 1.807) is 0 Å². The Bertz CT molecular complexity index is 2200. The Hall–Kier alpha value is -4.59. The first kappa shape index (κ1) is 23.1. The van der Waals surface area contributed by atoms with E-state index in [0.717, 1.165) is 25.7 Å². The van der Waals surface area contributed by atoms with Gasteiger partial charge in [-0.15, -0.1) is 11.3 Å². The Balaban J connectivity index is 1.27. The summed E-state index contributed by atoms with van der Waals surface area (Å²) in [6, 6.07) is 24.2. The molecular formula is C37H27N3S. The highest BCUT2D eigenvalue weighted by molar-refractivity contribution is 7.26. The van der Waals surface area contributed by atoms with Crippen LogP contribution in [-0.2, 0) is 6.42 Å². The lowest BCUT2D eigenvalue weighted by molar-refractivity contribution is 0.739. The fourth-order valence-electron chi connectivity index (χ4n) is 7.50. The molecule has 9 rings (SSSR count). The van der Waals surface area contributed by atoms with Gasteiger partial charge in [-0.25, -0.2) is 0 Å². The van der Waals surface area contributed by atoms with E-state index >= 15 is 0 Å². The van der Waals surface area contributed by atoms with E-state index in [2.05, 4.69) is 107 Å². The molecule has 1 aliphatic heterocycles. The van der Waals surface area contributed by atoms with Gasteiger partial charge in [-0.1, -0.05) is 60.7 Å². The molecule has 4 aliphatic rings. The van der Waals surface area contributed by atoms with Crippen LogP contribution in [0.5, 0.6) is 0 Å². The van der Waals surface area contributed by atoms with Crippen molar-refractivity contribution in [3.8, 4) is 6.07 Å². The Morgan fingerprint density at radius 3 is 2.73 bits per heavy atom. The molecule has 0 saturated heterocycles. The third-order valence-corrected chi connectivity index (χ3v) is 10.4. The van der Waals surface area contributed by atoms with Crippen molar-refractivity contribution in [2.45, 2.75) is 37.6 Å². The first-order chi connectivity index (χ1) is 20.3. The molecule has 5 aromatic rings. The van der Waals surface area contributed by atoms with Gasteiger partial charge in [-0.2, -0.15) is 5.26 Å². The molecule has 196 valence electrons. The van der Waals surface area contributed by atoms with Gasteiger partial charge in [-0.3, -0.25) is 0 Å². The fourth-order valence-corrected chi connectivity index (χ4v) is 8.69. The summed E-state index contributed by atoms with van der Waals surface area (Å²) in [7, 11) is 0. The van der Waals surface area contributed by atoms with E-state index in [0.29, 0.717) is 11.5 Å². The van der Waals surface area contributed by atoms with Crippen molar-refractivity contribution in [3.05, 3.63) is 118 Å². The van der Waals surface area contributed by atoms with Gasteiger partial charge >= 0.3 is 0 Å². The largest absolute Gasteiger partial charge is 0.332 e. The molecular weight excluding hydrogens is 518 g/mol. The first-order valence-electron chi connectivity index (χ1n) is 14.5. The Morgan fingerprint density at radius 1 is 0.878 bits per heavy atom. The zero-order valence-corrected chi connectivity index (χ0v) is 23.4. The number of aromatic nitrogens is 1. The molecule has 2 unspecified atom stereocenters. The van der Waals surface area contributed by atoms with Gasteiger partial charge in [0.1, 0.15) is 0 Å². The van der Waals surface area contributed by atoms with Gasteiger partial charge in [-0.05, 0) is 73.7 Å². The minimum absolute atomic E-state index is 0.179. The highest BCUT2D eigenvalue weighted by Gasteiger charge is 2.39. The topological polar surface area (TPSA) is 32.0 Å². The van der Waals surface area contributed by atoms with Gasteiger partial charge in [0.05, 0.1) is 28.1 Å². The second-order valence-corrected chi connectivity index (χ2v) is 12.4. The van der Waals surface area contributed by atoms with Crippen molar-refractivity contribution in [3.63, 3.8) is 0 Å². The highest BCUT2D eigenvalue weighted by Crippen LogP contribution is 2.51. The van der Waals surface area contributed by atoms with E-state index < -0.39 is 0 Å². The maximum atomic E-state index is 9.55. The summed E-state index contributed by atoms with van der Waals surface area (Å²) >= 11 is 1.83. The second kappa shape index (κ2) is 8.70. The van der Waals surface area contributed by atoms with Crippen molar-refractivity contribution in [2.75, 3.05) is 4.90 Å². The standard InChI is InChI=1S/C37H27N3S/c38-22-23-16-19-36-30(20-23)29-11-7-15-34(37(29)41-36)40-33-14-6-3-10-27(33)28-18-17-24(21-35(28)40)39-31-12-4-1-8-25(31)26-9-2-5-13-32(26)39/h1,3,6-11,13-21,28,35H,2,4-5,12H2. The summed E-state index contributed by atoms with van der Waals surface area (Å²) in [6.07, 6.45) is 21.3. The number of fused-ring (bicyclic) bond motifs is 9. The molecule has 3 nitrogen and oxygen atoms in total. The summed E-state index contributed by atoms with van der Waals surface area (Å²) in [4.78, 5) is 2.57. The van der Waals surface area contributed by atoms with Gasteiger partial charge in [0, 0.05) is 54.6 Å². The highest BCUT2D eigenvalue weighted by atomic mass is 32.1. The summed E-state index contributed by atoms with van der Waals surface area (Å²) in [5.74, 6) is 0.294. The summed E-state index contributed by atoms with van der Waals surface area (Å²) in [6.45, 7) is 0. The fraction of sp³-hybridized carbons (Fsp3) is 0.162. The van der Waals surface area contributed by atoms with Gasteiger partial charge < -0.3 is 9.47 Å². The zero-order chi connectivity index (χ0) is 27.1.